The van der Waals surface area contributed by atoms with Gasteiger partial charge in [0.1, 0.15) is 6.61 Å². The molecule has 0 aliphatic carbocycles. The molecule has 4 heteroatoms. The van der Waals surface area contributed by atoms with Crippen LogP contribution in [0.1, 0.15) is 5.56 Å². The highest BCUT2D eigenvalue weighted by molar-refractivity contribution is 5.78. The van der Waals surface area contributed by atoms with Crippen LogP contribution < -0.4 is 14.2 Å². The first-order valence-corrected chi connectivity index (χ1v) is 4.64. The molecule has 0 aliphatic rings. The monoisotopic (exact) mass is 221 g/mol. The normalized spacial score (nSPS) is 9.38. The summed E-state index contributed by atoms with van der Waals surface area (Å²) in [4.78, 5) is 10.6. The largest absolute Gasteiger partial charge is 0.493 e. The summed E-state index contributed by atoms with van der Waals surface area (Å²) in [7, 11) is 2.98. The van der Waals surface area contributed by atoms with Gasteiger partial charge in [-0.2, -0.15) is 0 Å². The molecule has 16 heavy (non-hydrogen) atoms. The van der Waals surface area contributed by atoms with Crippen LogP contribution >= 0.6 is 0 Å². The standard InChI is InChI=1S/C12H13O4/c1-4-5-16-12-10(14-2)6-9(8-13)7-11(12)15-3/h4,6-7H,1,5H2,2-3H3. The van der Waals surface area contributed by atoms with Gasteiger partial charge in [0.25, 0.3) is 0 Å². The van der Waals surface area contributed by atoms with E-state index in [4.69, 9.17) is 14.2 Å². The second kappa shape index (κ2) is 5.80. The number of hydrogen-bond acceptors (Lipinski definition) is 4. The van der Waals surface area contributed by atoms with Crippen molar-refractivity contribution in [1.29, 1.82) is 0 Å². The molecule has 1 aromatic carbocycles. The van der Waals surface area contributed by atoms with Crippen LogP contribution in [0.25, 0.3) is 0 Å². The summed E-state index contributed by atoms with van der Waals surface area (Å²) < 4.78 is 15.6. The third-order valence-corrected chi connectivity index (χ3v) is 1.92. The summed E-state index contributed by atoms with van der Waals surface area (Å²) in [6, 6.07) is 3.07. The molecule has 0 unspecified atom stereocenters. The summed E-state index contributed by atoms with van der Waals surface area (Å²) in [5.41, 5.74) is 0.347. The highest BCUT2D eigenvalue weighted by Gasteiger charge is 2.13. The Hall–Kier alpha value is -1.97. The van der Waals surface area contributed by atoms with Crippen molar-refractivity contribution in [3.05, 3.63) is 30.4 Å². The van der Waals surface area contributed by atoms with Crippen LogP contribution in [0.15, 0.2) is 24.8 Å². The van der Waals surface area contributed by atoms with E-state index in [1.807, 2.05) is 0 Å². The van der Waals surface area contributed by atoms with Crippen LogP contribution in [0.5, 0.6) is 17.2 Å². The zero-order chi connectivity index (χ0) is 12.0. The van der Waals surface area contributed by atoms with Crippen molar-refractivity contribution in [3.63, 3.8) is 0 Å². The number of methoxy groups -OCH3 is 2. The lowest BCUT2D eigenvalue weighted by Crippen LogP contribution is -2.00. The Bertz CT molecular complexity index is 360. The molecule has 1 aromatic rings. The molecule has 0 fully saturated rings. The molecule has 0 N–H and O–H groups in total. The lowest BCUT2D eigenvalue weighted by Gasteiger charge is -2.13. The zero-order valence-electron chi connectivity index (χ0n) is 9.28. The van der Waals surface area contributed by atoms with E-state index in [0.29, 0.717) is 29.4 Å². The predicted molar refractivity (Wildman–Crippen MR) is 60.0 cm³/mol. The molecule has 0 aromatic heterocycles. The van der Waals surface area contributed by atoms with Gasteiger partial charge in [-0.05, 0) is 12.1 Å². The van der Waals surface area contributed by atoms with E-state index in [9.17, 15) is 4.79 Å². The third kappa shape index (κ3) is 2.53. The maximum atomic E-state index is 10.6. The second-order valence-corrected chi connectivity index (χ2v) is 2.91. The van der Waals surface area contributed by atoms with Gasteiger partial charge in [-0.25, -0.2) is 0 Å². The van der Waals surface area contributed by atoms with Gasteiger partial charge >= 0.3 is 0 Å². The van der Waals surface area contributed by atoms with Crippen molar-refractivity contribution >= 4 is 6.29 Å². The first kappa shape index (κ1) is 12.1. The van der Waals surface area contributed by atoms with Gasteiger partial charge in [0, 0.05) is 5.56 Å². The van der Waals surface area contributed by atoms with Gasteiger partial charge in [0.2, 0.25) is 12.0 Å². The number of benzene rings is 1. The van der Waals surface area contributed by atoms with Gasteiger partial charge < -0.3 is 14.2 Å². The summed E-state index contributed by atoms with van der Waals surface area (Å²) in [5.74, 6) is 1.31. The van der Waals surface area contributed by atoms with Gasteiger partial charge in [-0.3, -0.25) is 4.79 Å². The van der Waals surface area contributed by atoms with Crippen molar-refractivity contribution in [1.82, 2.24) is 0 Å². The molecule has 0 saturated carbocycles. The van der Waals surface area contributed by atoms with E-state index in [-0.39, 0.29) is 0 Å². The van der Waals surface area contributed by atoms with E-state index in [2.05, 4.69) is 6.58 Å². The smallest absolute Gasteiger partial charge is 0.233 e. The number of carbonyl (C=O) groups excluding carboxylic acids is 1. The van der Waals surface area contributed by atoms with Crippen LogP contribution in [0.3, 0.4) is 0 Å². The number of hydrogen-bond donors (Lipinski definition) is 0. The summed E-state index contributed by atoms with van der Waals surface area (Å²) in [6.45, 7) is 3.88. The highest BCUT2D eigenvalue weighted by Crippen LogP contribution is 2.38. The lowest BCUT2D eigenvalue weighted by molar-refractivity contribution is 0.301. The van der Waals surface area contributed by atoms with Crippen LogP contribution in [0, 0.1) is 0 Å². The fourth-order valence-corrected chi connectivity index (χ4v) is 1.22. The molecular weight excluding hydrogens is 208 g/mol. The van der Waals surface area contributed by atoms with Crippen molar-refractivity contribution in [2.45, 2.75) is 0 Å². The Morgan fingerprint density at radius 3 is 2.25 bits per heavy atom. The maximum Gasteiger partial charge on any atom is 0.233 e. The van der Waals surface area contributed by atoms with E-state index < -0.39 is 0 Å². The third-order valence-electron chi connectivity index (χ3n) is 1.92. The first-order chi connectivity index (χ1) is 7.76. The van der Waals surface area contributed by atoms with E-state index in [1.165, 1.54) is 26.4 Å². The second-order valence-electron chi connectivity index (χ2n) is 2.91. The quantitative estimate of drug-likeness (QED) is 0.686. The van der Waals surface area contributed by atoms with Crippen molar-refractivity contribution in [3.8, 4) is 17.2 Å². The average molecular weight is 221 g/mol. The van der Waals surface area contributed by atoms with Crippen LogP contribution in [-0.2, 0) is 4.79 Å². The molecule has 0 aliphatic heterocycles. The number of ether oxygens (including phenoxy) is 3. The van der Waals surface area contributed by atoms with Gasteiger partial charge in [-0.15, -0.1) is 0 Å². The van der Waals surface area contributed by atoms with Crippen LogP contribution in [0.4, 0.5) is 0 Å². The van der Waals surface area contributed by atoms with E-state index in [0.717, 1.165) is 0 Å². The number of rotatable bonds is 6. The van der Waals surface area contributed by atoms with Crippen molar-refractivity contribution in [2.75, 3.05) is 20.8 Å². The summed E-state index contributed by atoms with van der Waals surface area (Å²) in [6.07, 6.45) is 3.38. The molecule has 0 spiro atoms. The Morgan fingerprint density at radius 1 is 1.31 bits per heavy atom. The Kier molecular flexibility index (Phi) is 4.39. The fraction of sp³-hybridized carbons (Fsp3) is 0.250. The Balaban J connectivity index is 3.19. The fourth-order valence-electron chi connectivity index (χ4n) is 1.22. The minimum atomic E-state index is 0.330. The highest BCUT2D eigenvalue weighted by atomic mass is 16.5. The van der Waals surface area contributed by atoms with E-state index >= 15 is 0 Å². The molecule has 1 radical (unpaired) electrons. The summed E-state index contributed by atoms with van der Waals surface area (Å²) in [5, 5.41) is 0. The van der Waals surface area contributed by atoms with Crippen molar-refractivity contribution < 1.29 is 19.0 Å². The minimum Gasteiger partial charge on any atom is -0.493 e. The Labute approximate surface area is 94.4 Å². The van der Waals surface area contributed by atoms with Crippen molar-refractivity contribution in [2.24, 2.45) is 0 Å². The van der Waals surface area contributed by atoms with E-state index in [1.54, 1.807) is 12.4 Å². The molecule has 0 saturated heterocycles. The predicted octanol–water partition coefficient (Wildman–Crippen LogP) is 1.73. The Morgan fingerprint density at radius 2 is 1.88 bits per heavy atom. The zero-order valence-corrected chi connectivity index (χ0v) is 9.28. The molecule has 0 atom stereocenters. The molecule has 85 valence electrons. The topological polar surface area (TPSA) is 44.8 Å². The SMILES string of the molecule is C=CCOc1c(OC)cc([C]=O)cc1OC. The molecule has 0 bridgehead atoms. The van der Waals surface area contributed by atoms with Gasteiger partial charge in [-0.1, -0.05) is 12.7 Å². The van der Waals surface area contributed by atoms with Gasteiger partial charge in [0.15, 0.2) is 11.5 Å². The van der Waals surface area contributed by atoms with Gasteiger partial charge in [0.05, 0.1) is 14.2 Å². The minimum absolute atomic E-state index is 0.330. The maximum absolute atomic E-state index is 10.6. The van der Waals surface area contributed by atoms with Crippen LogP contribution in [0.2, 0.25) is 0 Å². The molecule has 0 heterocycles. The lowest BCUT2D eigenvalue weighted by atomic mass is 10.2. The average Bonchev–Trinajstić information content (AvgIpc) is 2.35. The molecular formula is C12H13O4. The molecule has 4 nitrogen and oxygen atoms in total. The first-order valence-electron chi connectivity index (χ1n) is 4.64. The molecule has 0 amide bonds. The van der Waals surface area contributed by atoms with Crippen LogP contribution in [-0.4, -0.2) is 27.1 Å². The molecule has 1 rings (SSSR count). The summed E-state index contributed by atoms with van der Waals surface area (Å²) >= 11 is 0.